The molecule has 0 fully saturated rings. The second-order valence-corrected chi connectivity index (χ2v) is 4.78. The predicted molar refractivity (Wildman–Crippen MR) is 79.9 cm³/mol. The minimum atomic E-state index is -1.04. The van der Waals surface area contributed by atoms with Gasteiger partial charge in [-0.05, 0) is 38.5 Å². The van der Waals surface area contributed by atoms with Crippen LogP contribution in [0.2, 0.25) is 0 Å². The van der Waals surface area contributed by atoms with Crippen LogP contribution in [0.1, 0.15) is 26.3 Å². The number of carboxylic acid groups (broad SMARTS) is 1. The maximum atomic E-state index is 11.0. The third-order valence-corrected chi connectivity index (χ3v) is 3.34. The lowest BCUT2D eigenvalue weighted by molar-refractivity contribution is -0.142. The molecular weight excluding hydrogens is 256 g/mol. The average Bonchev–Trinajstić information content (AvgIpc) is 2.41. The standard InChI is InChI=1S/C15H24N2O3/c1-4-17(5-2)13-8-6-12(7-9-13)10-16-14(11(3)18)15(19)20/h6-9,11,14,16,18H,4-5,10H2,1-3H3,(H,19,20). The van der Waals surface area contributed by atoms with Gasteiger partial charge in [0.2, 0.25) is 0 Å². The van der Waals surface area contributed by atoms with E-state index in [4.69, 9.17) is 5.11 Å². The zero-order chi connectivity index (χ0) is 15.1. The third kappa shape index (κ3) is 4.51. The normalized spacial score (nSPS) is 13.8. The van der Waals surface area contributed by atoms with E-state index >= 15 is 0 Å². The first-order valence-electron chi connectivity index (χ1n) is 6.97. The molecule has 0 heterocycles. The molecule has 1 aromatic carbocycles. The number of aliphatic hydroxyl groups is 1. The fourth-order valence-electron chi connectivity index (χ4n) is 2.11. The molecule has 0 radical (unpaired) electrons. The average molecular weight is 280 g/mol. The largest absolute Gasteiger partial charge is 0.480 e. The molecule has 1 aromatic rings. The van der Waals surface area contributed by atoms with Gasteiger partial charge >= 0.3 is 5.97 Å². The Bertz CT molecular complexity index is 414. The summed E-state index contributed by atoms with van der Waals surface area (Å²) in [5, 5.41) is 21.2. The van der Waals surface area contributed by atoms with Crippen LogP contribution in [0, 0.1) is 0 Å². The van der Waals surface area contributed by atoms with Crippen LogP contribution in [0.4, 0.5) is 5.69 Å². The summed E-state index contributed by atoms with van der Waals surface area (Å²) in [6.07, 6.45) is -0.928. The Morgan fingerprint density at radius 2 is 1.80 bits per heavy atom. The Balaban J connectivity index is 2.63. The number of carboxylic acids is 1. The van der Waals surface area contributed by atoms with E-state index in [2.05, 4.69) is 24.1 Å². The van der Waals surface area contributed by atoms with Crippen molar-refractivity contribution >= 4 is 11.7 Å². The first-order valence-corrected chi connectivity index (χ1v) is 6.97. The van der Waals surface area contributed by atoms with Crippen LogP contribution in [-0.2, 0) is 11.3 Å². The third-order valence-electron chi connectivity index (χ3n) is 3.34. The van der Waals surface area contributed by atoms with E-state index in [9.17, 15) is 9.90 Å². The molecule has 3 N–H and O–H groups in total. The number of hydrogen-bond donors (Lipinski definition) is 3. The van der Waals surface area contributed by atoms with Crippen molar-refractivity contribution in [1.82, 2.24) is 5.32 Å². The predicted octanol–water partition coefficient (Wildman–Crippen LogP) is 1.46. The Labute approximate surface area is 120 Å². The Morgan fingerprint density at radius 1 is 1.25 bits per heavy atom. The van der Waals surface area contributed by atoms with Crippen molar-refractivity contribution in [2.75, 3.05) is 18.0 Å². The fraction of sp³-hybridized carbons (Fsp3) is 0.533. The summed E-state index contributed by atoms with van der Waals surface area (Å²) < 4.78 is 0. The molecule has 5 nitrogen and oxygen atoms in total. The van der Waals surface area contributed by atoms with E-state index in [-0.39, 0.29) is 0 Å². The molecule has 2 unspecified atom stereocenters. The van der Waals surface area contributed by atoms with Crippen LogP contribution >= 0.6 is 0 Å². The van der Waals surface area contributed by atoms with E-state index in [1.165, 1.54) is 6.92 Å². The first kappa shape index (κ1) is 16.5. The minimum absolute atomic E-state index is 0.417. The summed E-state index contributed by atoms with van der Waals surface area (Å²) in [6.45, 7) is 8.02. The number of aliphatic carboxylic acids is 1. The zero-order valence-electron chi connectivity index (χ0n) is 12.3. The SMILES string of the molecule is CCN(CC)c1ccc(CNC(C(=O)O)C(C)O)cc1. The number of rotatable bonds is 8. The lowest BCUT2D eigenvalue weighted by Gasteiger charge is -2.21. The molecule has 5 heteroatoms. The monoisotopic (exact) mass is 280 g/mol. The molecular formula is C15H24N2O3. The van der Waals surface area contributed by atoms with Crippen molar-refractivity contribution in [1.29, 1.82) is 0 Å². The molecule has 0 spiro atoms. The van der Waals surface area contributed by atoms with Gasteiger partial charge in [-0.15, -0.1) is 0 Å². The van der Waals surface area contributed by atoms with E-state index < -0.39 is 18.1 Å². The highest BCUT2D eigenvalue weighted by molar-refractivity contribution is 5.74. The molecule has 0 aliphatic rings. The smallest absolute Gasteiger partial charge is 0.323 e. The van der Waals surface area contributed by atoms with E-state index in [1.807, 2.05) is 24.3 Å². The van der Waals surface area contributed by atoms with Crippen LogP contribution in [0.25, 0.3) is 0 Å². The van der Waals surface area contributed by atoms with Gasteiger partial charge in [-0.2, -0.15) is 0 Å². The second kappa shape index (κ2) is 7.87. The quantitative estimate of drug-likeness (QED) is 0.672. The summed E-state index contributed by atoms with van der Waals surface area (Å²) in [7, 11) is 0. The molecule has 0 amide bonds. The highest BCUT2D eigenvalue weighted by atomic mass is 16.4. The fourth-order valence-corrected chi connectivity index (χ4v) is 2.11. The van der Waals surface area contributed by atoms with Crippen molar-refractivity contribution in [2.45, 2.75) is 39.5 Å². The number of aliphatic hydroxyl groups excluding tert-OH is 1. The van der Waals surface area contributed by atoms with E-state index in [0.717, 1.165) is 24.3 Å². The van der Waals surface area contributed by atoms with Gasteiger partial charge in [0.15, 0.2) is 0 Å². The van der Waals surface area contributed by atoms with E-state index in [1.54, 1.807) is 0 Å². The second-order valence-electron chi connectivity index (χ2n) is 4.78. The molecule has 0 bridgehead atoms. The molecule has 1 rings (SSSR count). The van der Waals surface area contributed by atoms with Crippen molar-refractivity contribution in [2.24, 2.45) is 0 Å². The van der Waals surface area contributed by atoms with Gasteiger partial charge < -0.3 is 15.1 Å². The highest BCUT2D eigenvalue weighted by Crippen LogP contribution is 2.15. The number of benzene rings is 1. The number of anilines is 1. The molecule has 0 aromatic heterocycles. The Morgan fingerprint density at radius 3 is 2.20 bits per heavy atom. The van der Waals surface area contributed by atoms with Crippen LogP contribution < -0.4 is 10.2 Å². The van der Waals surface area contributed by atoms with Crippen LogP contribution in [0.5, 0.6) is 0 Å². The molecule has 2 atom stereocenters. The molecule has 0 aliphatic heterocycles. The summed E-state index contributed by atoms with van der Waals surface area (Å²) in [6, 6.07) is 7.06. The number of hydrogen-bond acceptors (Lipinski definition) is 4. The van der Waals surface area contributed by atoms with Crippen molar-refractivity contribution < 1.29 is 15.0 Å². The topological polar surface area (TPSA) is 72.8 Å². The van der Waals surface area contributed by atoms with Gasteiger partial charge in [0.25, 0.3) is 0 Å². The number of nitrogens with zero attached hydrogens (tertiary/aromatic N) is 1. The van der Waals surface area contributed by atoms with Gasteiger partial charge in [0.05, 0.1) is 6.10 Å². The summed E-state index contributed by atoms with van der Waals surface area (Å²) >= 11 is 0. The lowest BCUT2D eigenvalue weighted by atomic mass is 10.1. The van der Waals surface area contributed by atoms with Gasteiger partial charge in [-0.25, -0.2) is 0 Å². The molecule has 0 aliphatic carbocycles. The highest BCUT2D eigenvalue weighted by Gasteiger charge is 2.21. The van der Waals surface area contributed by atoms with Crippen molar-refractivity contribution in [3.8, 4) is 0 Å². The first-order chi connectivity index (χ1) is 9.49. The molecule has 0 saturated heterocycles. The van der Waals surface area contributed by atoms with Crippen LogP contribution in [0.3, 0.4) is 0 Å². The van der Waals surface area contributed by atoms with Gasteiger partial charge in [0.1, 0.15) is 6.04 Å². The minimum Gasteiger partial charge on any atom is -0.480 e. The summed E-state index contributed by atoms with van der Waals surface area (Å²) in [5.41, 5.74) is 2.15. The maximum absolute atomic E-state index is 11.0. The molecule has 112 valence electrons. The van der Waals surface area contributed by atoms with Crippen LogP contribution in [-0.4, -0.2) is 41.4 Å². The van der Waals surface area contributed by atoms with Gasteiger partial charge in [0, 0.05) is 25.3 Å². The molecule has 20 heavy (non-hydrogen) atoms. The Hall–Kier alpha value is -1.59. The van der Waals surface area contributed by atoms with Gasteiger partial charge in [-0.3, -0.25) is 10.1 Å². The maximum Gasteiger partial charge on any atom is 0.323 e. The van der Waals surface area contributed by atoms with Crippen molar-refractivity contribution in [3.05, 3.63) is 29.8 Å². The van der Waals surface area contributed by atoms with E-state index in [0.29, 0.717) is 6.54 Å². The zero-order valence-corrected chi connectivity index (χ0v) is 12.3. The summed E-state index contributed by atoms with van der Waals surface area (Å²) in [4.78, 5) is 13.2. The number of carbonyl (C=O) groups is 1. The lowest BCUT2D eigenvalue weighted by Crippen LogP contribution is -2.44. The molecule has 0 saturated carbocycles. The number of nitrogens with one attached hydrogen (secondary N) is 1. The Kier molecular flexibility index (Phi) is 6.48. The van der Waals surface area contributed by atoms with Crippen molar-refractivity contribution in [3.63, 3.8) is 0 Å². The van der Waals surface area contributed by atoms with Crippen LogP contribution in [0.15, 0.2) is 24.3 Å². The summed E-state index contributed by atoms with van der Waals surface area (Å²) in [5.74, 6) is -1.04. The van der Waals surface area contributed by atoms with Gasteiger partial charge in [-0.1, -0.05) is 12.1 Å².